The minimum absolute atomic E-state index is 0.546. The molecule has 0 saturated carbocycles. The molecule has 0 fully saturated rings. The van der Waals surface area contributed by atoms with E-state index in [0.717, 1.165) is 11.4 Å². The number of nitrogen functional groups attached to an aromatic ring is 2. The van der Waals surface area contributed by atoms with Crippen molar-refractivity contribution in [3.05, 3.63) is 36.4 Å². The van der Waals surface area contributed by atoms with Crippen molar-refractivity contribution >= 4 is 40.7 Å². The minimum atomic E-state index is -3.15. The Labute approximate surface area is 111 Å². The Kier molecular flexibility index (Phi) is 2.55. The Hall–Kier alpha value is -1.97. The van der Waals surface area contributed by atoms with Gasteiger partial charge in [-0.3, -0.25) is 4.57 Å². The molecule has 0 saturated heterocycles. The van der Waals surface area contributed by atoms with Crippen LogP contribution in [-0.4, -0.2) is 7.11 Å². The lowest BCUT2D eigenvalue weighted by molar-refractivity contribution is 0.412. The molecule has 2 aromatic carbocycles. The molecule has 1 heterocycles. The Bertz CT molecular complexity index is 660. The van der Waals surface area contributed by atoms with Crippen molar-refractivity contribution in [3.8, 4) is 0 Å². The van der Waals surface area contributed by atoms with Crippen LogP contribution in [-0.2, 0) is 9.09 Å². The molecule has 0 unspecified atom stereocenters. The molecule has 1 aliphatic heterocycles. The summed E-state index contributed by atoms with van der Waals surface area (Å²) in [6.45, 7) is 0. The first-order valence-corrected chi connectivity index (χ1v) is 7.40. The maximum atomic E-state index is 13.2. The van der Waals surface area contributed by atoms with Crippen LogP contribution in [0.25, 0.3) is 0 Å². The quantitative estimate of drug-likeness (QED) is 0.545. The third-order valence-electron chi connectivity index (χ3n) is 3.20. The molecular weight excluding hydrogens is 261 g/mol. The molecule has 0 spiro atoms. The highest BCUT2D eigenvalue weighted by Gasteiger charge is 2.36. The minimum Gasteiger partial charge on any atom is -0.399 e. The summed E-state index contributed by atoms with van der Waals surface area (Å²) in [6, 6.07) is 10.5. The van der Waals surface area contributed by atoms with Crippen molar-refractivity contribution in [1.29, 1.82) is 0 Å². The molecule has 3 rings (SSSR count). The SMILES string of the molecule is COP1(=O)c2cc(N)ccc2Nc2ccc(N)cc21. The van der Waals surface area contributed by atoms with Crippen molar-refractivity contribution in [2.24, 2.45) is 0 Å². The molecule has 0 bridgehead atoms. The highest BCUT2D eigenvalue weighted by atomic mass is 31.2. The highest BCUT2D eigenvalue weighted by molar-refractivity contribution is 7.75. The lowest BCUT2D eigenvalue weighted by atomic mass is 10.2. The first-order valence-electron chi connectivity index (χ1n) is 5.77. The van der Waals surface area contributed by atoms with Gasteiger partial charge >= 0.3 is 0 Å². The van der Waals surface area contributed by atoms with Crippen LogP contribution in [0.1, 0.15) is 0 Å². The van der Waals surface area contributed by atoms with Crippen LogP contribution in [0.5, 0.6) is 0 Å². The first-order chi connectivity index (χ1) is 9.04. The van der Waals surface area contributed by atoms with Crippen molar-refractivity contribution in [2.45, 2.75) is 0 Å². The van der Waals surface area contributed by atoms with Gasteiger partial charge in [0.2, 0.25) is 0 Å². The van der Waals surface area contributed by atoms with E-state index in [9.17, 15) is 4.57 Å². The van der Waals surface area contributed by atoms with Crippen LogP contribution in [0.3, 0.4) is 0 Å². The smallest absolute Gasteiger partial charge is 0.265 e. The molecule has 98 valence electrons. The van der Waals surface area contributed by atoms with E-state index in [2.05, 4.69) is 5.32 Å². The summed E-state index contributed by atoms with van der Waals surface area (Å²) >= 11 is 0. The maximum Gasteiger partial charge on any atom is 0.265 e. The molecule has 6 heteroatoms. The van der Waals surface area contributed by atoms with Crippen molar-refractivity contribution < 1.29 is 9.09 Å². The predicted octanol–water partition coefficient (Wildman–Crippen LogP) is 1.78. The monoisotopic (exact) mass is 275 g/mol. The van der Waals surface area contributed by atoms with E-state index in [1.807, 2.05) is 0 Å². The number of fused-ring (bicyclic) bond motifs is 2. The highest BCUT2D eigenvalue weighted by Crippen LogP contribution is 2.51. The van der Waals surface area contributed by atoms with Crippen molar-refractivity contribution in [2.75, 3.05) is 23.9 Å². The Balaban J connectivity index is 2.32. The number of benzene rings is 2. The number of anilines is 4. The molecule has 19 heavy (non-hydrogen) atoms. The van der Waals surface area contributed by atoms with E-state index in [1.54, 1.807) is 36.4 Å². The van der Waals surface area contributed by atoms with Crippen LogP contribution in [0.4, 0.5) is 22.7 Å². The second-order valence-electron chi connectivity index (χ2n) is 4.41. The molecule has 2 aromatic rings. The van der Waals surface area contributed by atoms with E-state index in [-0.39, 0.29) is 0 Å². The number of rotatable bonds is 1. The molecule has 0 radical (unpaired) electrons. The van der Waals surface area contributed by atoms with Gasteiger partial charge < -0.3 is 21.3 Å². The fraction of sp³-hybridized carbons (Fsp3) is 0.0769. The van der Waals surface area contributed by atoms with Gasteiger partial charge in [0, 0.05) is 18.5 Å². The van der Waals surface area contributed by atoms with Gasteiger partial charge in [0.1, 0.15) is 0 Å². The lowest BCUT2D eigenvalue weighted by Crippen LogP contribution is -2.28. The van der Waals surface area contributed by atoms with Crippen LogP contribution >= 0.6 is 7.37 Å². The number of nitrogens with one attached hydrogen (secondary N) is 1. The van der Waals surface area contributed by atoms with Crippen LogP contribution < -0.4 is 27.4 Å². The van der Waals surface area contributed by atoms with E-state index >= 15 is 0 Å². The maximum absolute atomic E-state index is 13.2. The molecule has 0 aliphatic carbocycles. The van der Waals surface area contributed by atoms with Gasteiger partial charge in [-0.1, -0.05) is 0 Å². The summed E-state index contributed by atoms with van der Waals surface area (Å²) < 4.78 is 18.5. The van der Waals surface area contributed by atoms with Crippen LogP contribution in [0, 0.1) is 0 Å². The number of hydrogen-bond donors (Lipinski definition) is 3. The molecule has 0 aromatic heterocycles. The molecule has 0 atom stereocenters. The summed E-state index contributed by atoms with van der Waals surface area (Å²) in [7, 11) is -1.71. The van der Waals surface area contributed by atoms with Crippen LogP contribution in [0.2, 0.25) is 0 Å². The normalized spacial score (nSPS) is 15.2. The van der Waals surface area contributed by atoms with E-state index in [4.69, 9.17) is 16.0 Å². The van der Waals surface area contributed by atoms with E-state index in [1.165, 1.54) is 7.11 Å². The summed E-state index contributed by atoms with van der Waals surface area (Å²) in [4.78, 5) is 0. The zero-order chi connectivity index (χ0) is 13.6. The standard InChI is InChI=1S/C13H14N3O2P/c1-18-19(17)12-6-8(14)2-4-10(12)16-11-5-3-9(15)7-13(11)19/h2-7,16H,14-15H2,1H3. The predicted molar refractivity (Wildman–Crippen MR) is 78.9 cm³/mol. The van der Waals surface area contributed by atoms with Gasteiger partial charge in [0.15, 0.2) is 0 Å². The second kappa shape index (κ2) is 4.02. The summed E-state index contributed by atoms with van der Waals surface area (Å²) in [5, 5.41) is 4.37. The fourth-order valence-corrected chi connectivity index (χ4v) is 4.45. The number of nitrogens with two attached hydrogens (primary N) is 2. The Morgan fingerprint density at radius 3 is 1.89 bits per heavy atom. The first kappa shape index (κ1) is 12.1. The summed E-state index contributed by atoms with van der Waals surface area (Å²) in [5.74, 6) is 0. The van der Waals surface area contributed by atoms with E-state index < -0.39 is 7.37 Å². The Morgan fingerprint density at radius 1 is 1.00 bits per heavy atom. The fourth-order valence-electron chi connectivity index (χ4n) is 2.27. The lowest BCUT2D eigenvalue weighted by Gasteiger charge is -2.28. The largest absolute Gasteiger partial charge is 0.399 e. The number of hydrogen-bond acceptors (Lipinski definition) is 5. The molecular formula is C13H14N3O2P. The second-order valence-corrected chi connectivity index (χ2v) is 6.84. The average molecular weight is 275 g/mol. The van der Waals surface area contributed by atoms with Crippen LogP contribution in [0.15, 0.2) is 36.4 Å². The van der Waals surface area contributed by atoms with Gasteiger partial charge in [-0.15, -0.1) is 0 Å². The van der Waals surface area contributed by atoms with Gasteiger partial charge in [-0.25, -0.2) is 0 Å². The van der Waals surface area contributed by atoms with Gasteiger partial charge in [-0.05, 0) is 36.4 Å². The molecule has 5 nitrogen and oxygen atoms in total. The van der Waals surface area contributed by atoms with Crippen molar-refractivity contribution in [1.82, 2.24) is 0 Å². The molecule has 5 N–H and O–H groups in total. The zero-order valence-corrected chi connectivity index (χ0v) is 11.3. The molecule has 1 aliphatic rings. The average Bonchev–Trinajstić information content (AvgIpc) is 2.41. The molecule has 0 amide bonds. The topological polar surface area (TPSA) is 90.4 Å². The zero-order valence-electron chi connectivity index (χ0n) is 10.4. The van der Waals surface area contributed by atoms with Crippen molar-refractivity contribution in [3.63, 3.8) is 0 Å². The Morgan fingerprint density at radius 2 is 1.47 bits per heavy atom. The summed E-state index contributed by atoms with van der Waals surface area (Å²) in [6.07, 6.45) is 0. The van der Waals surface area contributed by atoms with Gasteiger partial charge in [0.05, 0.1) is 22.0 Å². The third kappa shape index (κ3) is 1.70. The van der Waals surface area contributed by atoms with E-state index in [0.29, 0.717) is 22.0 Å². The third-order valence-corrected chi connectivity index (χ3v) is 5.73. The van der Waals surface area contributed by atoms with Gasteiger partial charge in [-0.2, -0.15) is 0 Å². The summed E-state index contributed by atoms with van der Waals surface area (Å²) in [5.41, 5.74) is 14.1. The van der Waals surface area contributed by atoms with Gasteiger partial charge in [0.25, 0.3) is 7.37 Å².